The predicted octanol–water partition coefficient (Wildman–Crippen LogP) is 1.53. The highest BCUT2D eigenvalue weighted by atomic mass is 16.5. The van der Waals surface area contributed by atoms with E-state index in [9.17, 15) is 4.79 Å². The largest absolute Gasteiger partial charge is 0.450 e. The van der Waals surface area contributed by atoms with E-state index >= 15 is 0 Å². The van der Waals surface area contributed by atoms with Crippen LogP contribution in [0.25, 0.3) is 0 Å². The van der Waals surface area contributed by atoms with Gasteiger partial charge in [-0.05, 0) is 25.7 Å². The van der Waals surface area contributed by atoms with E-state index in [1.807, 2.05) is 0 Å². The Hall–Kier alpha value is -0.770. The summed E-state index contributed by atoms with van der Waals surface area (Å²) in [7, 11) is 0. The van der Waals surface area contributed by atoms with Crippen molar-refractivity contribution in [3.05, 3.63) is 0 Å². The summed E-state index contributed by atoms with van der Waals surface area (Å²) in [6.07, 6.45) is 2.45. The van der Waals surface area contributed by atoms with Crippen LogP contribution in [0.5, 0.6) is 0 Å². The topological polar surface area (TPSA) is 58.6 Å². The summed E-state index contributed by atoms with van der Waals surface area (Å²) in [5.74, 6) is 0.356. The molecule has 84 valence electrons. The van der Waals surface area contributed by atoms with Crippen LogP contribution in [0.3, 0.4) is 0 Å². The van der Waals surface area contributed by atoms with Crippen LogP contribution in [-0.2, 0) is 4.74 Å². The summed E-state index contributed by atoms with van der Waals surface area (Å²) >= 11 is 0. The normalized spacial score (nSPS) is 12.2. The molecular formula is C10H21NO3. The molecule has 0 aromatic rings. The fraction of sp³-hybridized carbons (Fsp3) is 0.900. The first-order valence-corrected chi connectivity index (χ1v) is 5.26. The molecule has 1 atom stereocenters. The fourth-order valence-corrected chi connectivity index (χ4v) is 1.35. The molecule has 0 aliphatic carbocycles. The first kappa shape index (κ1) is 13.2. The van der Waals surface area contributed by atoms with E-state index in [1.165, 1.54) is 0 Å². The van der Waals surface area contributed by atoms with E-state index in [4.69, 9.17) is 9.84 Å². The van der Waals surface area contributed by atoms with Gasteiger partial charge in [-0.2, -0.15) is 0 Å². The Labute approximate surface area is 85.6 Å². The van der Waals surface area contributed by atoms with E-state index in [0.29, 0.717) is 19.1 Å². The summed E-state index contributed by atoms with van der Waals surface area (Å²) in [5.41, 5.74) is 0. The van der Waals surface area contributed by atoms with E-state index in [0.717, 1.165) is 19.3 Å². The van der Waals surface area contributed by atoms with Crippen LogP contribution in [-0.4, -0.2) is 31.0 Å². The number of rotatable bonds is 7. The van der Waals surface area contributed by atoms with Gasteiger partial charge in [-0.3, -0.25) is 0 Å². The van der Waals surface area contributed by atoms with Crippen molar-refractivity contribution < 1.29 is 14.6 Å². The number of carbonyl (C=O) groups excluding carboxylic acids is 1. The van der Waals surface area contributed by atoms with Gasteiger partial charge in [0.25, 0.3) is 0 Å². The number of nitrogens with one attached hydrogen (secondary N) is 1. The standard InChI is InChI=1S/C10H21NO3/c1-3-5-9(6-7-12)8-11-10(13)14-4-2/h9,12H,3-8H2,1-2H3,(H,11,13). The number of aliphatic hydroxyl groups excluding tert-OH is 1. The zero-order chi connectivity index (χ0) is 10.8. The molecule has 0 rings (SSSR count). The first-order chi connectivity index (χ1) is 6.74. The average Bonchev–Trinajstić information content (AvgIpc) is 2.15. The monoisotopic (exact) mass is 203 g/mol. The molecular weight excluding hydrogens is 182 g/mol. The Morgan fingerprint density at radius 1 is 1.43 bits per heavy atom. The van der Waals surface area contributed by atoms with E-state index in [1.54, 1.807) is 6.92 Å². The van der Waals surface area contributed by atoms with Crippen molar-refractivity contribution in [3.8, 4) is 0 Å². The molecule has 0 heterocycles. The van der Waals surface area contributed by atoms with Gasteiger partial charge >= 0.3 is 6.09 Å². The lowest BCUT2D eigenvalue weighted by Gasteiger charge is -2.15. The van der Waals surface area contributed by atoms with Crippen LogP contribution in [0.15, 0.2) is 0 Å². The third-order valence-electron chi connectivity index (χ3n) is 2.04. The molecule has 0 bridgehead atoms. The van der Waals surface area contributed by atoms with Gasteiger partial charge in [0.2, 0.25) is 0 Å². The highest BCUT2D eigenvalue weighted by Gasteiger charge is 2.09. The minimum atomic E-state index is -0.369. The van der Waals surface area contributed by atoms with Gasteiger partial charge in [0.1, 0.15) is 0 Å². The zero-order valence-corrected chi connectivity index (χ0v) is 9.08. The number of aliphatic hydroxyl groups is 1. The van der Waals surface area contributed by atoms with Crippen molar-refractivity contribution in [2.75, 3.05) is 19.8 Å². The van der Waals surface area contributed by atoms with Gasteiger partial charge < -0.3 is 15.2 Å². The van der Waals surface area contributed by atoms with Gasteiger partial charge in [0.05, 0.1) is 6.61 Å². The Morgan fingerprint density at radius 2 is 2.14 bits per heavy atom. The van der Waals surface area contributed by atoms with E-state index in [2.05, 4.69) is 12.2 Å². The molecule has 0 saturated carbocycles. The van der Waals surface area contributed by atoms with E-state index < -0.39 is 0 Å². The molecule has 0 aliphatic heterocycles. The zero-order valence-electron chi connectivity index (χ0n) is 9.08. The average molecular weight is 203 g/mol. The molecule has 4 nitrogen and oxygen atoms in total. The third kappa shape index (κ3) is 6.71. The van der Waals surface area contributed by atoms with Crippen LogP contribution in [0.1, 0.15) is 33.1 Å². The quantitative estimate of drug-likeness (QED) is 0.659. The summed E-state index contributed by atoms with van der Waals surface area (Å²) < 4.78 is 4.74. The Morgan fingerprint density at radius 3 is 2.64 bits per heavy atom. The van der Waals surface area contributed by atoms with Gasteiger partial charge in [0, 0.05) is 13.2 Å². The maximum absolute atomic E-state index is 11.0. The van der Waals surface area contributed by atoms with Gasteiger partial charge in [-0.25, -0.2) is 4.79 Å². The maximum atomic E-state index is 11.0. The molecule has 0 fully saturated rings. The minimum Gasteiger partial charge on any atom is -0.450 e. The second-order valence-corrected chi connectivity index (χ2v) is 3.27. The third-order valence-corrected chi connectivity index (χ3v) is 2.04. The van der Waals surface area contributed by atoms with Crippen LogP contribution < -0.4 is 5.32 Å². The van der Waals surface area contributed by atoms with Crippen molar-refractivity contribution in [3.63, 3.8) is 0 Å². The number of amides is 1. The van der Waals surface area contributed by atoms with Gasteiger partial charge in [0.15, 0.2) is 0 Å². The first-order valence-electron chi connectivity index (χ1n) is 5.26. The minimum absolute atomic E-state index is 0.176. The second kappa shape index (κ2) is 8.81. The molecule has 1 unspecified atom stereocenters. The van der Waals surface area contributed by atoms with Gasteiger partial charge in [-0.15, -0.1) is 0 Å². The van der Waals surface area contributed by atoms with Crippen molar-refractivity contribution in [2.24, 2.45) is 5.92 Å². The highest BCUT2D eigenvalue weighted by Crippen LogP contribution is 2.09. The Kier molecular flexibility index (Phi) is 8.33. The molecule has 0 aromatic heterocycles. The molecule has 0 radical (unpaired) electrons. The van der Waals surface area contributed by atoms with Crippen molar-refractivity contribution in [2.45, 2.75) is 33.1 Å². The second-order valence-electron chi connectivity index (χ2n) is 3.27. The summed E-state index contributed by atoms with van der Waals surface area (Å²) in [5, 5.41) is 11.5. The van der Waals surface area contributed by atoms with Gasteiger partial charge in [-0.1, -0.05) is 13.3 Å². The molecule has 0 aliphatic rings. The van der Waals surface area contributed by atoms with Crippen LogP contribution in [0.2, 0.25) is 0 Å². The SMILES string of the molecule is CCCC(CCO)CNC(=O)OCC. The lowest BCUT2D eigenvalue weighted by molar-refractivity contribution is 0.148. The van der Waals surface area contributed by atoms with Crippen LogP contribution >= 0.6 is 0 Å². The predicted molar refractivity (Wildman–Crippen MR) is 55.1 cm³/mol. The van der Waals surface area contributed by atoms with Crippen LogP contribution in [0.4, 0.5) is 4.79 Å². The number of hydrogen-bond acceptors (Lipinski definition) is 3. The molecule has 2 N–H and O–H groups in total. The smallest absolute Gasteiger partial charge is 0.407 e. The Bertz CT molecular complexity index is 144. The lowest BCUT2D eigenvalue weighted by atomic mass is 10.0. The summed E-state index contributed by atoms with van der Waals surface area (Å²) in [4.78, 5) is 11.0. The molecule has 14 heavy (non-hydrogen) atoms. The Balaban J connectivity index is 3.63. The van der Waals surface area contributed by atoms with E-state index in [-0.39, 0.29) is 12.7 Å². The molecule has 1 amide bonds. The van der Waals surface area contributed by atoms with Crippen molar-refractivity contribution in [1.82, 2.24) is 5.32 Å². The molecule has 0 spiro atoms. The van der Waals surface area contributed by atoms with Crippen LogP contribution in [0, 0.1) is 5.92 Å². The number of ether oxygens (including phenoxy) is 1. The lowest BCUT2D eigenvalue weighted by Crippen LogP contribution is -2.30. The number of hydrogen-bond donors (Lipinski definition) is 2. The van der Waals surface area contributed by atoms with Crippen molar-refractivity contribution in [1.29, 1.82) is 0 Å². The molecule has 0 saturated heterocycles. The molecule has 4 heteroatoms. The summed E-state index contributed by atoms with van der Waals surface area (Å²) in [6.45, 7) is 5.03. The molecule has 0 aromatic carbocycles. The number of alkyl carbamates (subject to hydrolysis) is 1. The highest BCUT2D eigenvalue weighted by molar-refractivity contribution is 5.66. The fourth-order valence-electron chi connectivity index (χ4n) is 1.35. The summed E-state index contributed by atoms with van der Waals surface area (Å²) in [6, 6.07) is 0. The number of carbonyl (C=O) groups is 1. The maximum Gasteiger partial charge on any atom is 0.407 e. The van der Waals surface area contributed by atoms with Crippen molar-refractivity contribution >= 4 is 6.09 Å².